The summed E-state index contributed by atoms with van der Waals surface area (Å²) in [5.41, 5.74) is 0.668. The average molecular weight is 343 g/mol. The summed E-state index contributed by atoms with van der Waals surface area (Å²) >= 11 is 0. The Balaban J connectivity index is 1.50. The van der Waals surface area contributed by atoms with E-state index in [-0.39, 0.29) is 6.04 Å². The first-order valence-electron chi connectivity index (χ1n) is 9.20. The number of aliphatic hydroxyl groups is 1. The summed E-state index contributed by atoms with van der Waals surface area (Å²) in [6, 6.07) is 8.35. The number of benzene rings is 1. The lowest BCUT2D eigenvalue weighted by atomic mass is 9.84. The third-order valence-electron chi connectivity index (χ3n) is 5.19. The van der Waals surface area contributed by atoms with Gasteiger partial charge in [0.1, 0.15) is 18.2 Å². The zero-order valence-corrected chi connectivity index (χ0v) is 15.2. The molecule has 1 aromatic heterocycles. The topological polar surface area (TPSA) is 59.3 Å². The van der Waals surface area contributed by atoms with Crippen molar-refractivity contribution in [2.24, 2.45) is 7.05 Å². The normalized spacial score (nSPS) is 18.0. The van der Waals surface area contributed by atoms with Gasteiger partial charge in [0.25, 0.3) is 0 Å². The predicted molar refractivity (Wildman–Crippen MR) is 98.4 cm³/mol. The minimum absolute atomic E-state index is 0.203. The number of nitrogens with zero attached hydrogens (tertiary/aromatic N) is 2. The van der Waals surface area contributed by atoms with Crippen molar-refractivity contribution in [2.75, 3.05) is 6.54 Å². The molecule has 0 aliphatic heterocycles. The van der Waals surface area contributed by atoms with Crippen molar-refractivity contribution in [3.05, 3.63) is 48.0 Å². The van der Waals surface area contributed by atoms with Gasteiger partial charge in [-0.3, -0.25) is 0 Å². The van der Waals surface area contributed by atoms with E-state index in [0.29, 0.717) is 13.2 Å². The van der Waals surface area contributed by atoms with Gasteiger partial charge in [0.2, 0.25) is 0 Å². The van der Waals surface area contributed by atoms with Crippen LogP contribution < -0.4 is 10.1 Å². The molecular weight excluding hydrogens is 314 g/mol. The Morgan fingerprint density at radius 1 is 1.24 bits per heavy atom. The van der Waals surface area contributed by atoms with Crippen LogP contribution >= 0.6 is 0 Å². The summed E-state index contributed by atoms with van der Waals surface area (Å²) in [7, 11) is 1.96. The molecule has 5 heteroatoms. The molecule has 0 radical (unpaired) electrons. The number of hydrogen-bond donors (Lipinski definition) is 2. The van der Waals surface area contributed by atoms with Crippen LogP contribution in [0.4, 0.5) is 0 Å². The zero-order valence-electron chi connectivity index (χ0n) is 15.2. The van der Waals surface area contributed by atoms with Crippen molar-refractivity contribution in [1.82, 2.24) is 14.9 Å². The minimum atomic E-state index is -0.530. The van der Waals surface area contributed by atoms with Gasteiger partial charge in [0.15, 0.2) is 0 Å². The van der Waals surface area contributed by atoms with Gasteiger partial charge in [-0.1, -0.05) is 31.4 Å². The number of aryl methyl sites for hydroxylation is 1. The lowest BCUT2D eigenvalue weighted by molar-refractivity contribution is 0.00300. The van der Waals surface area contributed by atoms with E-state index in [2.05, 4.69) is 29.4 Å². The summed E-state index contributed by atoms with van der Waals surface area (Å²) < 4.78 is 7.75. The van der Waals surface area contributed by atoms with Gasteiger partial charge in [-0.25, -0.2) is 4.98 Å². The van der Waals surface area contributed by atoms with Crippen LogP contribution in [0.1, 0.15) is 56.5 Å². The van der Waals surface area contributed by atoms with Gasteiger partial charge < -0.3 is 19.7 Å². The largest absolute Gasteiger partial charge is 0.486 e. The average Bonchev–Trinajstić information content (AvgIpc) is 3.04. The Morgan fingerprint density at radius 3 is 2.60 bits per heavy atom. The van der Waals surface area contributed by atoms with Gasteiger partial charge in [0, 0.05) is 32.0 Å². The highest BCUT2D eigenvalue weighted by molar-refractivity contribution is 5.29. The van der Waals surface area contributed by atoms with E-state index < -0.39 is 5.60 Å². The third kappa shape index (κ3) is 4.83. The first-order chi connectivity index (χ1) is 12.1. The van der Waals surface area contributed by atoms with Gasteiger partial charge in [-0.15, -0.1) is 0 Å². The monoisotopic (exact) mass is 343 g/mol. The molecule has 2 N–H and O–H groups in total. The molecule has 0 saturated heterocycles. The first kappa shape index (κ1) is 18.0. The van der Waals surface area contributed by atoms with Gasteiger partial charge in [0.05, 0.1) is 5.60 Å². The fourth-order valence-corrected chi connectivity index (χ4v) is 3.38. The van der Waals surface area contributed by atoms with Gasteiger partial charge >= 0.3 is 0 Å². The molecule has 0 amide bonds. The highest BCUT2D eigenvalue weighted by atomic mass is 16.5. The SMILES string of the molecule is CC(NCC1(O)CCCCC1)c1ccc(OCc2nccn2C)cc1. The van der Waals surface area contributed by atoms with E-state index in [1.807, 2.05) is 29.9 Å². The van der Waals surface area contributed by atoms with E-state index in [1.165, 1.54) is 12.0 Å². The van der Waals surface area contributed by atoms with Crippen molar-refractivity contribution in [2.45, 2.75) is 57.3 Å². The molecular formula is C20H29N3O2. The number of hydrogen-bond acceptors (Lipinski definition) is 4. The van der Waals surface area contributed by atoms with Crippen molar-refractivity contribution in [3.63, 3.8) is 0 Å². The molecule has 1 saturated carbocycles. The molecule has 1 aliphatic carbocycles. The molecule has 1 atom stereocenters. The molecule has 2 aromatic rings. The van der Waals surface area contributed by atoms with Crippen LogP contribution in [0.15, 0.2) is 36.7 Å². The maximum atomic E-state index is 10.6. The Kier molecular flexibility index (Phi) is 5.76. The Bertz CT molecular complexity index is 660. The van der Waals surface area contributed by atoms with Crippen LogP contribution in [0.3, 0.4) is 0 Å². The number of aromatic nitrogens is 2. The Labute approximate surface area is 150 Å². The molecule has 0 spiro atoms. The number of ether oxygens (including phenoxy) is 1. The lowest BCUT2D eigenvalue weighted by Gasteiger charge is -2.33. The zero-order chi connectivity index (χ0) is 17.7. The van der Waals surface area contributed by atoms with Crippen LogP contribution in [0.25, 0.3) is 0 Å². The van der Waals surface area contributed by atoms with E-state index >= 15 is 0 Å². The summed E-state index contributed by atoms with van der Waals surface area (Å²) in [5, 5.41) is 14.1. The van der Waals surface area contributed by atoms with E-state index in [1.54, 1.807) is 6.20 Å². The smallest absolute Gasteiger partial charge is 0.146 e. The highest BCUT2D eigenvalue weighted by Crippen LogP contribution is 2.28. The molecule has 136 valence electrons. The maximum Gasteiger partial charge on any atom is 0.146 e. The van der Waals surface area contributed by atoms with Crippen molar-refractivity contribution in [1.29, 1.82) is 0 Å². The molecule has 1 heterocycles. The second-order valence-corrected chi connectivity index (χ2v) is 7.20. The molecule has 3 rings (SSSR count). The van der Waals surface area contributed by atoms with Crippen LogP contribution in [0.2, 0.25) is 0 Å². The molecule has 25 heavy (non-hydrogen) atoms. The number of imidazole rings is 1. The van der Waals surface area contributed by atoms with E-state index in [9.17, 15) is 5.11 Å². The molecule has 0 bridgehead atoms. The molecule has 1 aliphatic rings. The fraction of sp³-hybridized carbons (Fsp3) is 0.550. The van der Waals surface area contributed by atoms with Crippen molar-refractivity contribution >= 4 is 0 Å². The van der Waals surface area contributed by atoms with Gasteiger partial charge in [-0.2, -0.15) is 0 Å². The fourth-order valence-electron chi connectivity index (χ4n) is 3.38. The van der Waals surface area contributed by atoms with E-state index in [0.717, 1.165) is 37.3 Å². The van der Waals surface area contributed by atoms with Crippen molar-refractivity contribution < 1.29 is 9.84 Å². The summed E-state index contributed by atoms with van der Waals surface area (Å²) in [5.74, 6) is 1.74. The third-order valence-corrected chi connectivity index (χ3v) is 5.19. The second-order valence-electron chi connectivity index (χ2n) is 7.20. The summed E-state index contributed by atoms with van der Waals surface area (Å²) in [4.78, 5) is 4.26. The molecule has 5 nitrogen and oxygen atoms in total. The van der Waals surface area contributed by atoms with Crippen molar-refractivity contribution in [3.8, 4) is 5.75 Å². The van der Waals surface area contributed by atoms with Crippen LogP contribution in [0, 0.1) is 0 Å². The standard InChI is InChI=1S/C20H29N3O2/c1-16(22-15-20(24)10-4-3-5-11-20)17-6-8-18(9-7-17)25-14-19-21-12-13-23(19)2/h6-9,12-13,16,22,24H,3-5,10-11,14-15H2,1-2H3. The van der Waals surface area contributed by atoms with Crippen LogP contribution in [-0.2, 0) is 13.7 Å². The molecule has 1 fully saturated rings. The highest BCUT2D eigenvalue weighted by Gasteiger charge is 2.29. The van der Waals surface area contributed by atoms with Crippen LogP contribution in [-0.4, -0.2) is 26.8 Å². The Morgan fingerprint density at radius 2 is 1.96 bits per heavy atom. The quantitative estimate of drug-likeness (QED) is 0.809. The lowest BCUT2D eigenvalue weighted by Crippen LogP contribution is -2.42. The van der Waals surface area contributed by atoms with Gasteiger partial charge in [-0.05, 0) is 37.5 Å². The summed E-state index contributed by atoms with van der Waals surface area (Å²) in [6.07, 6.45) is 9.02. The predicted octanol–water partition coefficient (Wildman–Crippen LogP) is 3.34. The van der Waals surface area contributed by atoms with E-state index in [4.69, 9.17) is 4.74 Å². The minimum Gasteiger partial charge on any atom is -0.486 e. The Hall–Kier alpha value is -1.85. The maximum absolute atomic E-state index is 10.6. The second kappa shape index (κ2) is 8.02. The summed E-state index contributed by atoms with van der Waals surface area (Å²) in [6.45, 7) is 3.26. The molecule has 1 unspecified atom stereocenters. The molecule has 1 aromatic carbocycles. The first-order valence-corrected chi connectivity index (χ1v) is 9.20. The van der Waals surface area contributed by atoms with Crippen LogP contribution in [0.5, 0.6) is 5.75 Å². The number of rotatable bonds is 7. The number of nitrogens with one attached hydrogen (secondary N) is 1.